The van der Waals surface area contributed by atoms with Crippen molar-refractivity contribution in [1.82, 2.24) is 4.90 Å². The lowest BCUT2D eigenvalue weighted by Crippen LogP contribution is -2.21. The van der Waals surface area contributed by atoms with Crippen molar-refractivity contribution in [3.63, 3.8) is 0 Å². The highest BCUT2D eigenvalue weighted by Gasteiger charge is 2.03. The molecule has 1 amide bonds. The molecule has 0 aliphatic heterocycles. The van der Waals surface area contributed by atoms with Crippen LogP contribution in [0.2, 0.25) is 0 Å². The molecule has 11 heavy (non-hydrogen) atoms. The summed E-state index contributed by atoms with van der Waals surface area (Å²) in [6, 6.07) is 0. The Kier molecular flexibility index (Phi) is 4.94. The lowest BCUT2D eigenvalue weighted by Gasteiger charge is -2.08. The van der Waals surface area contributed by atoms with Crippen LogP contribution in [0.4, 0.5) is 0 Å². The van der Waals surface area contributed by atoms with Gasteiger partial charge in [0.1, 0.15) is 0 Å². The van der Waals surface area contributed by atoms with Crippen LogP contribution in [0, 0.1) is 0 Å². The van der Waals surface area contributed by atoms with Gasteiger partial charge in [-0.15, -0.1) is 0 Å². The molecule has 0 rings (SSSR count). The van der Waals surface area contributed by atoms with Crippen LogP contribution in [0.3, 0.4) is 0 Å². The molecule has 0 saturated carbocycles. The van der Waals surface area contributed by atoms with Crippen LogP contribution in [-0.2, 0) is 9.59 Å². The zero-order valence-electron chi connectivity index (χ0n) is 7.09. The van der Waals surface area contributed by atoms with E-state index in [0.717, 1.165) is 0 Å². The summed E-state index contributed by atoms with van der Waals surface area (Å²) in [5, 5.41) is 0.0663. The van der Waals surface area contributed by atoms with E-state index in [1.54, 1.807) is 14.1 Å². The second-order valence-corrected chi connectivity index (χ2v) is 3.65. The van der Waals surface area contributed by atoms with Crippen molar-refractivity contribution in [3.8, 4) is 0 Å². The Bertz CT molecular complexity index is 157. The van der Waals surface area contributed by atoms with Crippen LogP contribution in [0.25, 0.3) is 0 Å². The number of nitrogens with zero attached hydrogens (tertiary/aromatic N) is 1. The van der Waals surface area contributed by atoms with Gasteiger partial charge in [0.05, 0.1) is 0 Å². The molecule has 0 unspecified atom stereocenters. The van der Waals surface area contributed by atoms with Gasteiger partial charge in [-0.2, -0.15) is 0 Å². The minimum absolute atomic E-state index is 0.0663. The van der Waals surface area contributed by atoms with Crippen LogP contribution in [-0.4, -0.2) is 35.8 Å². The molecule has 0 aliphatic carbocycles. The number of carbonyl (C=O) groups excluding carboxylic acids is 2. The van der Waals surface area contributed by atoms with Crippen molar-refractivity contribution in [2.75, 3.05) is 19.8 Å². The van der Waals surface area contributed by atoms with E-state index in [0.29, 0.717) is 12.2 Å². The second-order valence-electron chi connectivity index (χ2n) is 2.38. The first kappa shape index (κ1) is 10.5. The summed E-state index contributed by atoms with van der Waals surface area (Å²) in [6.07, 6.45) is 0.442. The van der Waals surface area contributed by atoms with Crippen molar-refractivity contribution in [3.05, 3.63) is 0 Å². The van der Waals surface area contributed by atoms with Crippen LogP contribution in [0.1, 0.15) is 13.3 Å². The quantitative estimate of drug-likeness (QED) is 0.635. The Balaban J connectivity index is 3.39. The number of carbonyl (C=O) groups is 2. The summed E-state index contributed by atoms with van der Waals surface area (Å²) >= 11 is 1.19. The molecule has 0 heterocycles. The topological polar surface area (TPSA) is 37.4 Å². The van der Waals surface area contributed by atoms with Crippen molar-refractivity contribution in [1.29, 1.82) is 0 Å². The third-order valence-corrected chi connectivity index (χ3v) is 1.93. The van der Waals surface area contributed by atoms with Crippen molar-refractivity contribution in [2.45, 2.75) is 13.3 Å². The molecule has 0 atom stereocenters. The molecular weight excluding hydrogens is 162 g/mol. The maximum absolute atomic E-state index is 10.9. The summed E-state index contributed by atoms with van der Waals surface area (Å²) in [5.41, 5.74) is 0. The molecule has 0 fully saturated rings. The van der Waals surface area contributed by atoms with Gasteiger partial charge in [-0.25, -0.2) is 0 Å². The molecule has 0 bridgehead atoms. The number of rotatable bonds is 3. The molecular formula is C7H13NO2S. The average molecular weight is 175 g/mol. The highest BCUT2D eigenvalue weighted by Crippen LogP contribution is 2.03. The van der Waals surface area contributed by atoms with E-state index in [4.69, 9.17) is 0 Å². The molecule has 0 aromatic carbocycles. The Hall–Kier alpha value is -0.510. The molecule has 0 aromatic rings. The van der Waals surface area contributed by atoms with Gasteiger partial charge in [0.15, 0.2) is 5.12 Å². The van der Waals surface area contributed by atoms with Gasteiger partial charge in [-0.05, 0) is 0 Å². The van der Waals surface area contributed by atoms with E-state index < -0.39 is 0 Å². The number of thioether (sulfide) groups is 1. The maximum Gasteiger partial charge on any atom is 0.222 e. The van der Waals surface area contributed by atoms with Crippen molar-refractivity contribution >= 4 is 22.8 Å². The lowest BCUT2D eigenvalue weighted by atomic mass is 10.4. The molecule has 0 aliphatic rings. The van der Waals surface area contributed by atoms with Gasteiger partial charge in [0, 0.05) is 33.2 Å². The summed E-state index contributed by atoms with van der Waals surface area (Å²) in [6.45, 7) is 1.50. The van der Waals surface area contributed by atoms with E-state index in [9.17, 15) is 9.59 Å². The highest BCUT2D eigenvalue weighted by atomic mass is 32.2. The fourth-order valence-corrected chi connectivity index (χ4v) is 1.07. The second kappa shape index (κ2) is 5.18. The number of amides is 1. The molecule has 0 spiro atoms. The number of hydrogen-bond acceptors (Lipinski definition) is 3. The van der Waals surface area contributed by atoms with Gasteiger partial charge in [0.25, 0.3) is 0 Å². The first-order valence-corrected chi connectivity index (χ1v) is 4.36. The fourth-order valence-electron chi connectivity index (χ4n) is 0.506. The standard InChI is InChI=1S/C7H13NO2S/c1-6(9)11-5-4-7(10)8(2)3/h4-5H2,1-3H3. The molecule has 0 radical (unpaired) electrons. The minimum Gasteiger partial charge on any atom is -0.349 e. The Morgan fingerprint density at radius 1 is 1.36 bits per heavy atom. The van der Waals surface area contributed by atoms with Crippen LogP contribution < -0.4 is 0 Å². The summed E-state index contributed by atoms with van der Waals surface area (Å²) in [4.78, 5) is 22.9. The largest absolute Gasteiger partial charge is 0.349 e. The Morgan fingerprint density at radius 3 is 2.27 bits per heavy atom. The Morgan fingerprint density at radius 2 is 1.91 bits per heavy atom. The number of hydrogen-bond donors (Lipinski definition) is 0. The third-order valence-electron chi connectivity index (χ3n) is 1.12. The normalized spacial score (nSPS) is 9.36. The average Bonchev–Trinajstić information content (AvgIpc) is 1.86. The third kappa shape index (κ3) is 5.91. The van der Waals surface area contributed by atoms with Gasteiger partial charge in [-0.1, -0.05) is 11.8 Å². The van der Waals surface area contributed by atoms with Crippen molar-refractivity contribution < 1.29 is 9.59 Å². The van der Waals surface area contributed by atoms with Gasteiger partial charge >= 0.3 is 0 Å². The highest BCUT2D eigenvalue weighted by molar-refractivity contribution is 8.13. The molecule has 4 heteroatoms. The summed E-state index contributed by atoms with van der Waals surface area (Å²) in [5.74, 6) is 0.658. The van der Waals surface area contributed by atoms with Gasteiger partial charge in [-0.3, -0.25) is 9.59 Å². The molecule has 0 saturated heterocycles. The minimum atomic E-state index is 0.0663. The van der Waals surface area contributed by atoms with Crippen molar-refractivity contribution in [2.24, 2.45) is 0 Å². The van der Waals surface area contributed by atoms with E-state index in [-0.39, 0.29) is 11.0 Å². The predicted octanol–water partition coefficient (Wildman–Crippen LogP) is 0.744. The molecule has 64 valence electrons. The molecule has 0 aromatic heterocycles. The van der Waals surface area contributed by atoms with Gasteiger partial charge in [0.2, 0.25) is 5.91 Å². The first-order valence-electron chi connectivity index (χ1n) is 3.37. The SMILES string of the molecule is CC(=O)SCCC(=O)N(C)C. The van der Waals surface area contributed by atoms with E-state index >= 15 is 0 Å². The fraction of sp³-hybridized carbons (Fsp3) is 0.714. The first-order chi connectivity index (χ1) is 5.04. The Labute approximate surface area is 71.1 Å². The molecule has 3 nitrogen and oxygen atoms in total. The lowest BCUT2D eigenvalue weighted by molar-refractivity contribution is -0.128. The van der Waals surface area contributed by atoms with Gasteiger partial charge < -0.3 is 4.90 Å². The maximum atomic E-state index is 10.9. The van der Waals surface area contributed by atoms with E-state index in [2.05, 4.69) is 0 Å². The van der Waals surface area contributed by atoms with Crippen LogP contribution in [0.5, 0.6) is 0 Å². The van der Waals surface area contributed by atoms with Crippen LogP contribution >= 0.6 is 11.8 Å². The van der Waals surface area contributed by atoms with E-state index in [1.807, 2.05) is 0 Å². The molecule has 0 N–H and O–H groups in total. The van der Waals surface area contributed by atoms with E-state index in [1.165, 1.54) is 23.6 Å². The summed E-state index contributed by atoms with van der Waals surface area (Å²) in [7, 11) is 3.42. The monoisotopic (exact) mass is 175 g/mol. The summed E-state index contributed by atoms with van der Waals surface area (Å²) < 4.78 is 0. The zero-order chi connectivity index (χ0) is 8.85. The van der Waals surface area contributed by atoms with Crippen LogP contribution in [0.15, 0.2) is 0 Å². The predicted molar refractivity (Wildman–Crippen MR) is 46.5 cm³/mol. The smallest absolute Gasteiger partial charge is 0.222 e. The zero-order valence-corrected chi connectivity index (χ0v) is 7.90.